The molecule has 0 saturated carbocycles. The number of alkyl halides is 3. The van der Waals surface area contributed by atoms with Crippen molar-refractivity contribution in [2.75, 3.05) is 20.2 Å². The Balaban J connectivity index is 2.01. The summed E-state index contributed by atoms with van der Waals surface area (Å²) in [5, 5.41) is 0. The van der Waals surface area contributed by atoms with Crippen LogP contribution in [0.15, 0.2) is 24.3 Å². The molecule has 1 aliphatic heterocycles. The Bertz CT molecular complexity index is 510. The van der Waals surface area contributed by atoms with Crippen LogP contribution in [0.25, 0.3) is 0 Å². The van der Waals surface area contributed by atoms with E-state index in [9.17, 15) is 18.0 Å². The van der Waals surface area contributed by atoms with Crippen LogP contribution in [-0.4, -0.2) is 37.1 Å². The van der Waals surface area contributed by atoms with Gasteiger partial charge in [0.2, 0.25) is 0 Å². The predicted octanol–water partition coefficient (Wildman–Crippen LogP) is 3.74. The van der Waals surface area contributed by atoms with Gasteiger partial charge in [-0.05, 0) is 37.8 Å². The molecule has 1 amide bonds. The van der Waals surface area contributed by atoms with Crippen LogP contribution in [0.4, 0.5) is 13.2 Å². The van der Waals surface area contributed by atoms with Crippen molar-refractivity contribution in [3.05, 3.63) is 35.4 Å². The zero-order valence-electron chi connectivity index (χ0n) is 12.5. The molecule has 3 nitrogen and oxygen atoms in total. The van der Waals surface area contributed by atoms with E-state index in [-0.39, 0.29) is 11.7 Å². The van der Waals surface area contributed by atoms with Crippen molar-refractivity contribution in [1.82, 2.24) is 4.90 Å². The van der Waals surface area contributed by atoms with Crippen LogP contribution in [0.5, 0.6) is 0 Å². The van der Waals surface area contributed by atoms with Crippen molar-refractivity contribution in [1.29, 1.82) is 0 Å². The molecule has 0 aliphatic carbocycles. The summed E-state index contributed by atoms with van der Waals surface area (Å²) in [4.78, 5) is 13.6. The molecule has 1 atom stereocenters. The van der Waals surface area contributed by atoms with Gasteiger partial charge in [0.05, 0.1) is 17.2 Å². The van der Waals surface area contributed by atoms with Crippen molar-refractivity contribution < 1.29 is 22.7 Å². The number of nitrogens with zero attached hydrogens (tertiary/aromatic N) is 1. The zero-order chi connectivity index (χ0) is 16.2. The Labute approximate surface area is 128 Å². The van der Waals surface area contributed by atoms with E-state index in [2.05, 4.69) is 0 Å². The lowest BCUT2D eigenvalue weighted by Crippen LogP contribution is -2.32. The number of benzene rings is 1. The van der Waals surface area contributed by atoms with Crippen molar-refractivity contribution >= 4 is 5.91 Å². The maximum atomic E-state index is 13.0. The topological polar surface area (TPSA) is 29.5 Å². The average Bonchev–Trinajstić information content (AvgIpc) is 2.52. The summed E-state index contributed by atoms with van der Waals surface area (Å²) in [5.41, 5.74) is -1.19. The van der Waals surface area contributed by atoms with Gasteiger partial charge in [0.1, 0.15) is 0 Å². The Morgan fingerprint density at radius 2 is 2.05 bits per heavy atom. The molecule has 0 bridgehead atoms. The Hall–Kier alpha value is -1.56. The molecule has 1 aromatic rings. The lowest BCUT2D eigenvalue weighted by molar-refractivity contribution is -0.138. The molecule has 0 unspecified atom stereocenters. The van der Waals surface area contributed by atoms with Gasteiger partial charge in [-0.15, -0.1) is 0 Å². The number of halogens is 3. The Kier molecular flexibility index (Phi) is 5.45. The van der Waals surface area contributed by atoms with Crippen LogP contribution in [-0.2, 0) is 10.9 Å². The molecule has 122 valence electrons. The first kappa shape index (κ1) is 16.8. The third-order valence-corrected chi connectivity index (χ3v) is 3.87. The maximum Gasteiger partial charge on any atom is 0.417 e. The molecule has 0 spiro atoms. The van der Waals surface area contributed by atoms with E-state index < -0.39 is 17.6 Å². The van der Waals surface area contributed by atoms with E-state index in [0.29, 0.717) is 13.0 Å². The fourth-order valence-electron chi connectivity index (χ4n) is 2.60. The summed E-state index contributed by atoms with van der Waals surface area (Å²) >= 11 is 0. The van der Waals surface area contributed by atoms with Gasteiger partial charge in [-0.25, -0.2) is 0 Å². The van der Waals surface area contributed by atoms with E-state index >= 15 is 0 Å². The molecule has 22 heavy (non-hydrogen) atoms. The molecule has 1 fully saturated rings. The summed E-state index contributed by atoms with van der Waals surface area (Å²) in [6.07, 6.45) is -0.692. The fraction of sp³-hybridized carbons (Fsp3) is 0.562. The van der Waals surface area contributed by atoms with Crippen LogP contribution in [0, 0.1) is 0 Å². The van der Waals surface area contributed by atoms with Gasteiger partial charge in [-0.3, -0.25) is 4.79 Å². The monoisotopic (exact) mass is 315 g/mol. The van der Waals surface area contributed by atoms with Gasteiger partial charge < -0.3 is 9.64 Å². The highest BCUT2D eigenvalue weighted by molar-refractivity contribution is 5.95. The summed E-state index contributed by atoms with van der Waals surface area (Å²) < 4.78 is 44.4. The van der Waals surface area contributed by atoms with Gasteiger partial charge in [-0.1, -0.05) is 12.1 Å². The fourth-order valence-corrected chi connectivity index (χ4v) is 2.60. The van der Waals surface area contributed by atoms with Gasteiger partial charge in [0.15, 0.2) is 0 Å². The summed E-state index contributed by atoms with van der Waals surface area (Å²) in [6, 6.07) is 4.89. The number of carbonyl (C=O) groups excluding carboxylic acids is 1. The molecule has 1 aliphatic rings. The molecule has 0 aromatic heterocycles. The van der Waals surface area contributed by atoms with E-state index in [0.717, 1.165) is 31.9 Å². The Morgan fingerprint density at radius 1 is 1.32 bits per heavy atom. The van der Waals surface area contributed by atoms with Crippen molar-refractivity contribution in [2.24, 2.45) is 0 Å². The SMILES string of the molecule is CN(CC[C@@H]1CCCCO1)C(=O)c1ccccc1C(F)(F)F. The number of rotatable bonds is 4. The second-order valence-electron chi connectivity index (χ2n) is 5.55. The molecular weight excluding hydrogens is 295 g/mol. The summed E-state index contributed by atoms with van der Waals surface area (Å²) in [5.74, 6) is -0.608. The number of hydrogen-bond acceptors (Lipinski definition) is 2. The van der Waals surface area contributed by atoms with Gasteiger partial charge in [0.25, 0.3) is 5.91 Å². The quantitative estimate of drug-likeness (QED) is 0.847. The number of carbonyl (C=O) groups is 1. The van der Waals surface area contributed by atoms with Crippen molar-refractivity contribution in [2.45, 2.75) is 38.0 Å². The van der Waals surface area contributed by atoms with Gasteiger partial charge in [-0.2, -0.15) is 13.2 Å². The second kappa shape index (κ2) is 7.13. The van der Waals surface area contributed by atoms with E-state index in [1.807, 2.05) is 0 Å². The molecule has 0 N–H and O–H groups in total. The molecule has 0 radical (unpaired) electrons. The Morgan fingerprint density at radius 3 is 2.68 bits per heavy atom. The lowest BCUT2D eigenvalue weighted by Gasteiger charge is -2.25. The van der Waals surface area contributed by atoms with E-state index in [1.54, 1.807) is 0 Å². The summed E-state index contributed by atoms with van der Waals surface area (Å²) in [6.45, 7) is 1.11. The molecule has 1 aromatic carbocycles. The van der Waals surface area contributed by atoms with Crippen LogP contribution in [0.3, 0.4) is 0 Å². The smallest absolute Gasteiger partial charge is 0.378 e. The standard InChI is InChI=1S/C16H20F3NO2/c1-20(10-9-12-6-4-5-11-22-12)15(21)13-7-2-3-8-14(13)16(17,18)19/h2-3,7-8,12H,4-6,9-11H2,1H3/t12-/m0/s1. The first-order valence-corrected chi connectivity index (χ1v) is 7.43. The number of amides is 1. The second-order valence-corrected chi connectivity index (χ2v) is 5.55. The number of ether oxygens (including phenoxy) is 1. The van der Waals surface area contributed by atoms with Crippen molar-refractivity contribution in [3.63, 3.8) is 0 Å². The van der Waals surface area contributed by atoms with Crippen molar-refractivity contribution in [3.8, 4) is 0 Å². The predicted molar refractivity (Wildman–Crippen MR) is 76.6 cm³/mol. The largest absolute Gasteiger partial charge is 0.417 e. The minimum Gasteiger partial charge on any atom is -0.378 e. The van der Waals surface area contributed by atoms with Crippen LogP contribution in [0.1, 0.15) is 41.6 Å². The number of hydrogen-bond donors (Lipinski definition) is 0. The van der Waals surface area contributed by atoms with Crippen LogP contribution >= 0.6 is 0 Å². The molecule has 2 rings (SSSR count). The zero-order valence-corrected chi connectivity index (χ0v) is 12.5. The van der Waals surface area contributed by atoms with Gasteiger partial charge in [0, 0.05) is 20.2 Å². The first-order valence-electron chi connectivity index (χ1n) is 7.43. The normalized spacial score (nSPS) is 19.0. The minimum atomic E-state index is -4.53. The molecule has 1 saturated heterocycles. The highest BCUT2D eigenvalue weighted by Gasteiger charge is 2.35. The van der Waals surface area contributed by atoms with E-state index in [1.165, 1.54) is 30.1 Å². The molecule has 6 heteroatoms. The van der Waals surface area contributed by atoms with Crippen LogP contribution < -0.4 is 0 Å². The average molecular weight is 315 g/mol. The molecule has 1 heterocycles. The summed E-state index contributed by atoms with van der Waals surface area (Å²) in [7, 11) is 1.53. The third-order valence-electron chi connectivity index (χ3n) is 3.87. The van der Waals surface area contributed by atoms with E-state index in [4.69, 9.17) is 4.74 Å². The van der Waals surface area contributed by atoms with Crippen LogP contribution in [0.2, 0.25) is 0 Å². The lowest BCUT2D eigenvalue weighted by atomic mass is 10.0. The highest BCUT2D eigenvalue weighted by atomic mass is 19.4. The highest BCUT2D eigenvalue weighted by Crippen LogP contribution is 2.32. The third kappa shape index (κ3) is 4.22. The maximum absolute atomic E-state index is 13.0. The molecular formula is C16H20F3NO2. The van der Waals surface area contributed by atoms with Gasteiger partial charge >= 0.3 is 6.18 Å². The minimum absolute atomic E-state index is 0.0989. The first-order chi connectivity index (χ1) is 10.4.